The number of hydrogen-bond acceptors (Lipinski definition) is 2. The van der Waals surface area contributed by atoms with Crippen LogP contribution in [0.2, 0.25) is 0 Å². The van der Waals surface area contributed by atoms with Gasteiger partial charge in [0.25, 0.3) is 0 Å². The molecular weight excluding hydrogens is 367 g/mol. The van der Waals surface area contributed by atoms with Gasteiger partial charge in [-0.3, -0.25) is 9.79 Å². The molecule has 5 nitrogen and oxygen atoms in total. The molecule has 1 rings (SSSR count). The Morgan fingerprint density at radius 2 is 1.70 bits per heavy atom. The maximum atomic E-state index is 11.8. The number of nitrogens with two attached hydrogens (primary N) is 1. The number of hydrogen-bond donors (Lipinski definition) is 1. The molecule has 0 bridgehead atoms. The van der Waals surface area contributed by atoms with E-state index in [1.54, 1.807) is 0 Å². The lowest BCUT2D eigenvalue weighted by atomic mass is 10.2. The number of carbonyl (C=O) groups excluding carboxylic acids is 1. The molecule has 0 saturated carbocycles. The number of rotatable bonds is 5. The van der Waals surface area contributed by atoms with Crippen molar-refractivity contribution in [3.8, 4) is 0 Å². The van der Waals surface area contributed by atoms with Gasteiger partial charge >= 0.3 is 0 Å². The van der Waals surface area contributed by atoms with Gasteiger partial charge in [-0.1, -0.05) is 12.8 Å². The third-order valence-corrected chi connectivity index (χ3v) is 3.65. The summed E-state index contributed by atoms with van der Waals surface area (Å²) in [5, 5.41) is 0. The Bertz CT molecular complexity index is 298. The molecule has 6 heteroatoms. The van der Waals surface area contributed by atoms with E-state index in [0.717, 1.165) is 26.2 Å². The van der Waals surface area contributed by atoms with Crippen LogP contribution < -0.4 is 5.73 Å². The second-order valence-corrected chi connectivity index (χ2v) is 4.96. The van der Waals surface area contributed by atoms with Gasteiger partial charge in [0, 0.05) is 32.6 Å². The van der Waals surface area contributed by atoms with Crippen molar-refractivity contribution in [2.24, 2.45) is 10.7 Å². The molecule has 1 aliphatic rings. The van der Waals surface area contributed by atoms with Crippen LogP contribution in [0.4, 0.5) is 0 Å². The van der Waals surface area contributed by atoms with E-state index in [0.29, 0.717) is 18.9 Å². The van der Waals surface area contributed by atoms with Gasteiger partial charge in [-0.05, 0) is 26.7 Å². The molecule has 0 aromatic heterocycles. The second-order valence-electron chi connectivity index (χ2n) is 4.96. The summed E-state index contributed by atoms with van der Waals surface area (Å²) >= 11 is 0. The largest absolute Gasteiger partial charge is 0.370 e. The molecule has 0 aromatic carbocycles. The van der Waals surface area contributed by atoms with E-state index >= 15 is 0 Å². The van der Waals surface area contributed by atoms with Crippen molar-refractivity contribution in [2.75, 3.05) is 32.7 Å². The molecule has 20 heavy (non-hydrogen) atoms. The van der Waals surface area contributed by atoms with Crippen molar-refractivity contribution < 1.29 is 4.79 Å². The third-order valence-electron chi connectivity index (χ3n) is 3.65. The Hall–Kier alpha value is -0.530. The van der Waals surface area contributed by atoms with Gasteiger partial charge in [0.2, 0.25) is 5.91 Å². The number of aliphatic imine (C=N–C) groups is 1. The van der Waals surface area contributed by atoms with Crippen LogP contribution in [0.15, 0.2) is 4.99 Å². The lowest BCUT2D eigenvalue weighted by Crippen LogP contribution is -2.38. The molecule has 0 atom stereocenters. The van der Waals surface area contributed by atoms with Gasteiger partial charge in [0.05, 0.1) is 6.54 Å². The van der Waals surface area contributed by atoms with E-state index in [9.17, 15) is 4.79 Å². The smallest absolute Gasteiger partial charge is 0.224 e. The van der Waals surface area contributed by atoms with Crippen molar-refractivity contribution in [1.29, 1.82) is 0 Å². The van der Waals surface area contributed by atoms with Crippen LogP contribution in [0.3, 0.4) is 0 Å². The van der Waals surface area contributed by atoms with Gasteiger partial charge in [-0.25, -0.2) is 0 Å². The van der Waals surface area contributed by atoms with Crippen LogP contribution in [-0.4, -0.2) is 54.4 Å². The monoisotopic (exact) mass is 396 g/mol. The van der Waals surface area contributed by atoms with E-state index in [4.69, 9.17) is 5.73 Å². The summed E-state index contributed by atoms with van der Waals surface area (Å²) in [6.45, 7) is 8.02. The van der Waals surface area contributed by atoms with Crippen LogP contribution in [0.1, 0.15) is 46.0 Å². The maximum Gasteiger partial charge on any atom is 0.224 e. The first-order chi connectivity index (χ1) is 9.19. The maximum absolute atomic E-state index is 11.8. The predicted octanol–water partition coefficient (Wildman–Crippen LogP) is 2.05. The Kier molecular flexibility index (Phi) is 10.9. The van der Waals surface area contributed by atoms with Gasteiger partial charge in [-0.15, -0.1) is 24.0 Å². The molecule has 0 radical (unpaired) electrons. The van der Waals surface area contributed by atoms with Crippen LogP contribution in [0.25, 0.3) is 0 Å². The lowest BCUT2D eigenvalue weighted by molar-refractivity contribution is -0.130. The second kappa shape index (κ2) is 11.2. The lowest BCUT2D eigenvalue weighted by Gasteiger charge is -2.21. The summed E-state index contributed by atoms with van der Waals surface area (Å²) in [6.07, 6.45) is 5.40. The molecule has 2 N–H and O–H groups in total. The minimum Gasteiger partial charge on any atom is -0.370 e. The molecule has 1 amide bonds. The fraction of sp³-hybridized carbons (Fsp3) is 0.857. The average Bonchev–Trinajstić information content (AvgIpc) is 2.69. The number of nitrogens with zero attached hydrogens (tertiary/aromatic N) is 3. The fourth-order valence-electron chi connectivity index (χ4n) is 2.40. The van der Waals surface area contributed by atoms with Crippen molar-refractivity contribution in [1.82, 2.24) is 9.80 Å². The molecule has 1 heterocycles. The summed E-state index contributed by atoms with van der Waals surface area (Å²) in [5.41, 5.74) is 6.00. The van der Waals surface area contributed by atoms with Crippen LogP contribution in [-0.2, 0) is 4.79 Å². The average molecular weight is 396 g/mol. The Labute approximate surface area is 140 Å². The quantitative estimate of drug-likeness (QED) is 0.440. The van der Waals surface area contributed by atoms with Crippen LogP contribution in [0, 0.1) is 0 Å². The van der Waals surface area contributed by atoms with Crippen LogP contribution in [0.5, 0.6) is 0 Å². The fourth-order valence-corrected chi connectivity index (χ4v) is 2.40. The molecule has 1 saturated heterocycles. The Morgan fingerprint density at radius 1 is 1.15 bits per heavy atom. The zero-order valence-corrected chi connectivity index (χ0v) is 15.1. The number of guanidine groups is 1. The Balaban J connectivity index is 0.00000361. The minimum atomic E-state index is 0. The molecule has 0 aliphatic carbocycles. The van der Waals surface area contributed by atoms with Gasteiger partial charge < -0.3 is 15.5 Å². The highest BCUT2D eigenvalue weighted by Gasteiger charge is 2.12. The van der Waals surface area contributed by atoms with E-state index in [-0.39, 0.29) is 29.9 Å². The molecular formula is C14H29IN4O. The number of amides is 1. The number of likely N-dealkylation sites (tertiary alicyclic amines) is 1. The molecule has 1 aliphatic heterocycles. The topological polar surface area (TPSA) is 61.9 Å². The zero-order valence-electron chi connectivity index (χ0n) is 12.8. The highest BCUT2D eigenvalue weighted by atomic mass is 127. The summed E-state index contributed by atoms with van der Waals surface area (Å²) in [5.74, 6) is 0.770. The Morgan fingerprint density at radius 3 is 2.20 bits per heavy atom. The molecule has 0 aromatic rings. The summed E-state index contributed by atoms with van der Waals surface area (Å²) in [7, 11) is 0. The minimum absolute atomic E-state index is 0. The SMILES string of the molecule is CCN(CC)C(=O)CCN=C(N)N1CCCCCC1.I. The van der Waals surface area contributed by atoms with Gasteiger partial charge in [-0.2, -0.15) is 0 Å². The first kappa shape index (κ1) is 19.5. The molecule has 118 valence electrons. The summed E-state index contributed by atoms with van der Waals surface area (Å²) in [4.78, 5) is 20.2. The normalized spacial score (nSPS) is 16.3. The van der Waals surface area contributed by atoms with Gasteiger partial charge in [0.15, 0.2) is 5.96 Å². The van der Waals surface area contributed by atoms with Crippen molar-refractivity contribution in [3.63, 3.8) is 0 Å². The first-order valence-corrected chi connectivity index (χ1v) is 7.51. The zero-order chi connectivity index (χ0) is 14.1. The molecule has 0 spiro atoms. The number of halogens is 1. The van der Waals surface area contributed by atoms with E-state index in [2.05, 4.69) is 9.89 Å². The highest BCUT2D eigenvalue weighted by molar-refractivity contribution is 14.0. The third kappa shape index (κ3) is 6.76. The predicted molar refractivity (Wildman–Crippen MR) is 94.5 cm³/mol. The van der Waals surface area contributed by atoms with E-state index in [1.165, 1.54) is 25.7 Å². The van der Waals surface area contributed by atoms with E-state index < -0.39 is 0 Å². The van der Waals surface area contributed by atoms with E-state index in [1.807, 2.05) is 18.7 Å². The standard InChI is InChI=1S/C14H28N4O.HI/c1-3-17(4-2)13(19)9-10-16-14(15)18-11-7-5-6-8-12-18;/h3-12H2,1-2H3,(H2,15,16);1H. The van der Waals surface area contributed by atoms with Crippen LogP contribution >= 0.6 is 24.0 Å². The molecule has 1 fully saturated rings. The summed E-state index contributed by atoms with van der Waals surface area (Å²) in [6, 6.07) is 0. The summed E-state index contributed by atoms with van der Waals surface area (Å²) < 4.78 is 0. The highest BCUT2D eigenvalue weighted by Crippen LogP contribution is 2.09. The van der Waals surface area contributed by atoms with Crippen molar-refractivity contribution >= 4 is 35.8 Å². The number of carbonyl (C=O) groups is 1. The van der Waals surface area contributed by atoms with Crippen molar-refractivity contribution in [3.05, 3.63) is 0 Å². The van der Waals surface area contributed by atoms with Crippen molar-refractivity contribution in [2.45, 2.75) is 46.0 Å². The first-order valence-electron chi connectivity index (χ1n) is 7.51. The molecule has 0 unspecified atom stereocenters. The van der Waals surface area contributed by atoms with Gasteiger partial charge in [0.1, 0.15) is 0 Å².